The van der Waals surface area contributed by atoms with Gasteiger partial charge in [0, 0.05) is 9.16 Å². The Bertz CT molecular complexity index is 354. The van der Waals surface area contributed by atoms with Gasteiger partial charge >= 0.3 is 5.97 Å². The van der Waals surface area contributed by atoms with Gasteiger partial charge in [0.2, 0.25) is 0 Å². The predicted octanol–water partition coefficient (Wildman–Crippen LogP) is 5.33. The molecule has 0 fully saturated rings. The quantitative estimate of drug-likeness (QED) is 0.358. The molecule has 0 aromatic rings. The summed E-state index contributed by atoms with van der Waals surface area (Å²) in [6.45, 7) is 2.02. The van der Waals surface area contributed by atoms with Crippen LogP contribution in [0.25, 0.3) is 0 Å². The zero-order valence-corrected chi connectivity index (χ0v) is 11.6. The van der Waals surface area contributed by atoms with Gasteiger partial charge in [0.25, 0.3) is 0 Å². The lowest BCUT2D eigenvalue weighted by molar-refractivity contribution is -0.137. The van der Waals surface area contributed by atoms with E-state index in [1.807, 2.05) is 6.92 Å². The highest BCUT2D eigenvalue weighted by atomic mass is 16.4. The van der Waals surface area contributed by atoms with E-state index in [0.717, 1.165) is 38.5 Å². The third-order valence-corrected chi connectivity index (χ3v) is 2.77. The van der Waals surface area contributed by atoms with Crippen molar-refractivity contribution < 1.29 is 15.4 Å². The van der Waals surface area contributed by atoms with E-state index in [1.54, 1.807) is 0 Å². The van der Waals surface area contributed by atoms with Gasteiger partial charge in [0.15, 0.2) is 0 Å². The molecule has 0 unspecified atom stereocenters. The van der Waals surface area contributed by atoms with Crippen LogP contribution in [0.3, 0.4) is 0 Å². The summed E-state index contributed by atoms with van der Waals surface area (Å²) in [6, 6.07) is -0.0390. The van der Waals surface area contributed by atoms with Crippen LogP contribution in [-0.2, 0) is 4.79 Å². The van der Waals surface area contributed by atoms with Crippen molar-refractivity contribution in [1.82, 2.24) is 0 Å². The Morgan fingerprint density at radius 2 is 1.67 bits per heavy atom. The smallest absolute Gasteiger partial charge is 0.303 e. The van der Waals surface area contributed by atoms with Crippen LogP contribution in [0.1, 0.15) is 89.4 Å². The summed E-state index contributed by atoms with van der Waals surface area (Å²) in [4.78, 5) is 10.4. The Hall–Kier alpha value is -0.790. The third-order valence-electron chi connectivity index (χ3n) is 2.77. The molecular weight excluding hydrogens is 224 g/mol. The predicted molar refractivity (Wildman–Crippen MR) is 77.9 cm³/mol. The zero-order valence-electron chi connectivity index (χ0n) is 15.6. The molecular formula is C16H30O2. The van der Waals surface area contributed by atoms with Gasteiger partial charge in [-0.15, -0.1) is 0 Å². The number of allylic oxidation sites excluding steroid dienone is 2. The van der Waals surface area contributed by atoms with Gasteiger partial charge in [-0.1, -0.05) is 64.0 Å². The van der Waals surface area contributed by atoms with Gasteiger partial charge in [-0.05, 0) is 25.6 Å². The van der Waals surface area contributed by atoms with E-state index in [-0.39, 0.29) is 24.9 Å². The number of unbranched alkanes of at least 4 members (excludes halogenated alkanes) is 6. The highest BCUT2D eigenvalue weighted by molar-refractivity contribution is 5.66. The van der Waals surface area contributed by atoms with Crippen molar-refractivity contribution in [3.05, 3.63) is 12.1 Å². The largest absolute Gasteiger partial charge is 0.481 e. The molecule has 0 saturated carbocycles. The van der Waals surface area contributed by atoms with Gasteiger partial charge in [-0.25, -0.2) is 0 Å². The summed E-state index contributed by atoms with van der Waals surface area (Å²) in [6.07, 6.45) is 6.20. The Kier molecular flexibility index (Phi) is 8.78. The maximum Gasteiger partial charge on any atom is 0.303 e. The maximum absolute atomic E-state index is 10.4. The second-order valence-corrected chi connectivity index (χ2v) is 4.60. The van der Waals surface area contributed by atoms with Gasteiger partial charge < -0.3 is 5.11 Å². The van der Waals surface area contributed by atoms with Crippen LogP contribution < -0.4 is 0 Å². The fourth-order valence-electron chi connectivity index (χ4n) is 1.65. The summed E-state index contributed by atoms with van der Waals surface area (Å²) < 4.78 is 31.5. The summed E-state index contributed by atoms with van der Waals surface area (Å²) in [5, 5.41) is 8.52. The van der Waals surface area contributed by atoms with E-state index < -0.39 is 12.3 Å². The van der Waals surface area contributed by atoms with Crippen molar-refractivity contribution in [2.75, 3.05) is 0 Å². The summed E-state index contributed by atoms with van der Waals surface area (Å²) in [5.41, 5.74) is 0. The van der Waals surface area contributed by atoms with E-state index in [1.165, 1.54) is 0 Å². The second kappa shape index (κ2) is 14.3. The summed E-state index contributed by atoms with van der Waals surface area (Å²) >= 11 is 0. The van der Waals surface area contributed by atoms with Crippen LogP contribution in [0, 0.1) is 0 Å². The Morgan fingerprint density at radius 3 is 2.28 bits per heavy atom. The lowest BCUT2D eigenvalue weighted by Gasteiger charge is -2.00. The summed E-state index contributed by atoms with van der Waals surface area (Å²) in [7, 11) is 0. The van der Waals surface area contributed by atoms with Crippen molar-refractivity contribution in [2.24, 2.45) is 0 Å². The SMILES string of the molecule is [2H]/C(CCCC)=C(\[2H])C([2H])([2H])CCCCCCCCC(=O)O. The molecule has 0 saturated heterocycles. The molecule has 0 amide bonds. The molecule has 0 aliphatic carbocycles. The number of carboxylic acids is 1. The van der Waals surface area contributed by atoms with Crippen LogP contribution >= 0.6 is 0 Å². The average molecular weight is 258 g/mol. The van der Waals surface area contributed by atoms with Gasteiger partial charge in [0.05, 0.1) is 2.74 Å². The van der Waals surface area contributed by atoms with Gasteiger partial charge in [-0.3, -0.25) is 4.79 Å². The Labute approximate surface area is 118 Å². The molecule has 0 atom stereocenters. The minimum atomic E-state index is -1.70. The van der Waals surface area contributed by atoms with Crippen molar-refractivity contribution in [1.29, 1.82) is 0 Å². The van der Waals surface area contributed by atoms with Crippen molar-refractivity contribution in [3.8, 4) is 0 Å². The molecule has 0 radical (unpaired) electrons. The number of hydrogen-bond donors (Lipinski definition) is 1. The molecule has 0 aromatic heterocycles. The number of aliphatic carboxylic acids is 1. The van der Waals surface area contributed by atoms with Gasteiger partial charge in [-0.2, -0.15) is 0 Å². The molecule has 0 rings (SSSR count). The minimum absolute atomic E-state index is 0.125. The molecule has 0 aromatic carbocycles. The zero-order chi connectivity index (χ0) is 17.0. The highest BCUT2D eigenvalue weighted by Gasteiger charge is 1.96. The highest BCUT2D eigenvalue weighted by Crippen LogP contribution is 2.10. The van der Waals surface area contributed by atoms with Crippen LogP contribution in [0.2, 0.25) is 0 Å². The molecule has 106 valence electrons. The molecule has 2 heteroatoms. The molecule has 0 heterocycles. The lowest BCUT2D eigenvalue weighted by atomic mass is 10.1. The van der Waals surface area contributed by atoms with E-state index in [0.29, 0.717) is 19.3 Å². The fourth-order valence-corrected chi connectivity index (χ4v) is 1.65. The van der Waals surface area contributed by atoms with Crippen molar-refractivity contribution in [2.45, 2.75) is 83.9 Å². The number of hydrogen-bond acceptors (Lipinski definition) is 1. The normalized spacial score (nSPS) is 16.3. The Balaban J connectivity index is 3.90. The first-order chi connectivity index (χ1) is 10.3. The third kappa shape index (κ3) is 15.2. The van der Waals surface area contributed by atoms with Crippen LogP contribution in [0.4, 0.5) is 0 Å². The molecule has 1 N–H and O–H groups in total. The minimum Gasteiger partial charge on any atom is -0.481 e. The second-order valence-electron chi connectivity index (χ2n) is 4.60. The van der Waals surface area contributed by atoms with Crippen LogP contribution in [-0.4, -0.2) is 11.1 Å². The van der Waals surface area contributed by atoms with E-state index >= 15 is 0 Å². The molecule has 0 aliphatic rings. The monoisotopic (exact) mass is 258 g/mol. The summed E-state index contributed by atoms with van der Waals surface area (Å²) in [5.74, 6) is -0.753. The average Bonchev–Trinajstić information content (AvgIpc) is 2.46. The first kappa shape index (κ1) is 11.1. The molecule has 0 aliphatic heterocycles. The van der Waals surface area contributed by atoms with E-state index in [4.69, 9.17) is 10.6 Å². The van der Waals surface area contributed by atoms with Crippen molar-refractivity contribution in [3.63, 3.8) is 0 Å². The van der Waals surface area contributed by atoms with Crippen LogP contribution in [0.5, 0.6) is 0 Å². The fraction of sp³-hybridized carbons (Fsp3) is 0.812. The molecule has 0 bridgehead atoms. The van der Waals surface area contributed by atoms with Crippen LogP contribution in [0.15, 0.2) is 12.1 Å². The first-order valence-electron chi connectivity index (χ1n) is 9.20. The number of carbonyl (C=O) groups is 1. The van der Waals surface area contributed by atoms with E-state index in [2.05, 4.69) is 0 Å². The first-order valence-corrected chi connectivity index (χ1v) is 7.20. The number of rotatable bonds is 13. The lowest BCUT2D eigenvalue weighted by Crippen LogP contribution is -1.93. The van der Waals surface area contributed by atoms with Crippen molar-refractivity contribution >= 4 is 5.97 Å². The Morgan fingerprint density at radius 1 is 1.06 bits per heavy atom. The number of carboxylic acid groups (broad SMARTS) is 1. The van der Waals surface area contributed by atoms with Gasteiger partial charge in [0.1, 0.15) is 0 Å². The topological polar surface area (TPSA) is 37.3 Å². The standard InChI is InChI=1S/C16H30O2/c1-2-3-4-5-6-7-8-9-10-11-12-13-14-15-16(17)18/h5-6H,2-4,7-15H2,1H3,(H,17,18)/b6-5-/i5D,6D,7D2. The maximum atomic E-state index is 10.4. The molecule has 0 spiro atoms. The molecule has 2 nitrogen and oxygen atoms in total. The van der Waals surface area contributed by atoms with E-state index in [9.17, 15) is 4.79 Å². The molecule has 18 heavy (non-hydrogen) atoms.